The van der Waals surface area contributed by atoms with Crippen molar-refractivity contribution in [2.45, 2.75) is 20.3 Å². The lowest BCUT2D eigenvalue weighted by atomic mass is 10.1. The molecule has 0 aromatic heterocycles. The molecule has 0 radical (unpaired) electrons. The lowest BCUT2D eigenvalue weighted by molar-refractivity contribution is -0.122. The number of benzene rings is 2. The number of nitriles is 1. The van der Waals surface area contributed by atoms with E-state index < -0.39 is 17.8 Å². The molecule has 3 rings (SSSR count). The molecule has 158 valence electrons. The van der Waals surface area contributed by atoms with Gasteiger partial charge in [0.05, 0.1) is 12.3 Å². The molecule has 0 atom stereocenters. The van der Waals surface area contributed by atoms with Gasteiger partial charge in [-0.3, -0.25) is 14.9 Å². The van der Waals surface area contributed by atoms with E-state index in [1.54, 1.807) is 37.3 Å². The average Bonchev–Trinajstić information content (AvgIpc) is 2.76. The van der Waals surface area contributed by atoms with Crippen LogP contribution in [-0.2, 0) is 16.0 Å². The molecule has 1 heterocycles. The number of nitrogens with one attached hydrogen (secondary N) is 1. The Labute approximate surface area is 179 Å². The van der Waals surface area contributed by atoms with Crippen LogP contribution in [0, 0.1) is 11.3 Å². The van der Waals surface area contributed by atoms with Gasteiger partial charge >= 0.3 is 6.03 Å². The molecule has 0 bridgehead atoms. The van der Waals surface area contributed by atoms with E-state index in [0.29, 0.717) is 29.4 Å². The van der Waals surface area contributed by atoms with Crippen molar-refractivity contribution in [3.05, 3.63) is 59.2 Å². The number of ether oxygens (including phenoxy) is 2. The largest absolute Gasteiger partial charge is 0.490 e. The minimum Gasteiger partial charge on any atom is -0.490 e. The Kier molecular flexibility index (Phi) is 6.67. The Morgan fingerprint density at radius 2 is 1.77 bits per heavy atom. The first-order chi connectivity index (χ1) is 15.0. The Bertz CT molecular complexity index is 1080. The van der Waals surface area contributed by atoms with Gasteiger partial charge in [0.2, 0.25) is 0 Å². The van der Waals surface area contributed by atoms with E-state index in [4.69, 9.17) is 14.7 Å². The zero-order valence-corrected chi connectivity index (χ0v) is 17.2. The minimum atomic E-state index is -0.799. The summed E-state index contributed by atoms with van der Waals surface area (Å²) >= 11 is 0. The molecule has 31 heavy (non-hydrogen) atoms. The van der Waals surface area contributed by atoms with Crippen molar-refractivity contribution in [3.63, 3.8) is 0 Å². The Balaban J connectivity index is 1.95. The highest BCUT2D eigenvalue weighted by Crippen LogP contribution is 2.30. The molecule has 2 aromatic rings. The molecule has 1 aliphatic heterocycles. The van der Waals surface area contributed by atoms with Gasteiger partial charge in [-0.15, -0.1) is 0 Å². The van der Waals surface area contributed by atoms with Crippen LogP contribution in [0.2, 0.25) is 0 Å². The predicted octanol–water partition coefficient (Wildman–Crippen LogP) is 3.22. The Morgan fingerprint density at radius 1 is 1.03 bits per heavy atom. The SMILES string of the molecule is CCOc1cc(/C=C2/C(=O)NC(=O)N(c3ccc(CC)cc3)C2=O)ccc1OCC#N. The molecular weight excluding hydrogens is 398 g/mol. The van der Waals surface area contributed by atoms with Crippen LogP contribution in [-0.4, -0.2) is 31.1 Å². The fraction of sp³-hybridized carbons (Fsp3) is 0.217. The maximum Gasteiger partial charge on any atom is 0.335 e. The normalized spacial score (nSPS) is 14.9. The number of amides is 4. The summed E-state index contributed by atoms with van der Waals surface area (Å²) in [7, 11) is 0. The second-order valence-corrected chi connectivity index (χ2v) is 6.56. The van der Waals surface area contributed by atoms with Crippen LogP contribution in [0.4, 0.5) is 10.5 Å². The maximum atomic E-state index is 13.0. The quantitative estimate of drug-likeness (QED) is 0.545. The third-order valence-corrected chi connectivity index (χ3v) is 4.58. The van der Waals surface area contributed by atoms with E-state index in [1.165, 1.54) is 6.08 Å². The number of anilines is 1. The average molecular weight is 419 g/mol. The van der Waals surface area contributed by atoms with Crippen molar-refractivity contribution in [3.8, 4) is 17.6 Å². The molecular formula is C23H21N3O5. The van der Waals surface area contributed by atoms with Gasteiger partial charge < -0.3 is 9.47 Å². The fourth-order valence-electron chi connectivity index (χ4n) is 3.05. The van der Waals surface area contributed by atoms with Crippen LogP contribution in [0.1, 0.15) is 25.0 Å². The number of carbonyl (C=O) groups is 3. The van der Waals surface area contributed by atoms with Gasteiger partial charge in [-0.05, 0) is 54.8 Å². The van der Waals surface area contributed by atoms with Crippen molar-refractivity contribution >= 4 is 29.6 Å². The molecule has 0 unspecified atom stereocenters. The van der Waals surface area contributed by atoms with Crippen LogP contribution in [0.15, 0.2) is 48.0 Å². The van der Waals surface area contributed by atoms with E-state index >= 15 is 0 Å². The van der Waals surface area contributed by atoms with Crippen molar-refractivity contribution in [1.82, 2.24) is 5.32 Å². The van der Waals surface area contributed by atoms with Crippen molar-refractivity contribution in [2.24, 2.45) is 0 Å². The molecule has 1 aliphatic rings. The van der Waals surface area contributed by atoms with Crippen LogP contribution in [0.25, 0.3) is 6.08 Å². The number of barbiturate groups is 1. The van der Waals surface area contributed by atoms with Crippen molar-refractivity contribution in [2.75, 3.05) is 18.1 Å². The van der Waals surface area contributed by atoms with Crippen LogP contribution >= 0.6 is 0 Å². The molecule has 0 spiro atoms. The van der Waals surface area contributed by atoms with Gasteiger partial charge in [0, 0.05) is 0 Å². The lowest BCUT2D eigenvalue weighted by Gasteiger charge is -2.26. The van der Waals surface area contributed by atoms with Crippen molar-refractivity contribution < 1.29 is 23.9 Å². The summed E-state index contributed by atoms with van der Waals surface area (Å²) in [6.45, 7) is 4.01. The number of hydrogen-bond acceptors (Lipinski definition) is 6. The van der Waals surface area contributed by atoms with Gasteiger partial charge in [-0.2, -0.15) is 5.26 Å². The zero-order chi connectivity index (χ0) is 22.4. The first-order valence-corrected chi connectivity index (χ1v) is 9.75. The third kappa shape index (κ3) is 4.73. The van der Waals surface area contributed by atoms with Gasteiger partial charge in [-0.1, -0.05) is 25.1 Å². The number of rotatable bonds is 7. The van der Waals surface area contributed by atoms with Crippen molar-refractivity contribution in [1.29, 1.82) is 5.26 Å². The fourth-order valence-corrected chi connectivity index (χ4v) is 3.05. The molecule has 1 saturated heterocycles. The number of urea groups is 1. The van der Waals surface area contributed by atoms with E-state index in [0.717, 1.165) is 16.9 Å². The van der Waals surface area contributed by atoms with Gasteiger partial charge in [0.15, 0.2) is 18.1 Å². The number of carbonyl (C=O) groups excluding carboxylic acids is 3. The molecule has 8 heteroatoms. The molecule has 1 N–H and O–H groups in total. The molecule has 0 saturated carbocycles. The highest BCUT2D eigenvalue weighted by Gasteiger charge is 2.36. The third-order valence-electron chi connectivity index (χ3n) is 4.58. The summed E-state index contributed by atoms with van der Waals surface area (Å²) in [5.41, 5.74) is 1.74. The van der Waals surface area contributed by atoms with Crippen LogP contribution in [0.5, 0.6) is 11.5 Å². The first-order valence-electron chi connectivity index (χ1n) is 9.75. The van der Waals surface area contributed by atoms with Crippen LogP contribution in [0.3, 0.4) is 0 Å². The smallest absolute Gasteiger partial charge is 0.335 e. The standard InChI is InChI=1S/C23H21N3O5/c1-3-15-5-8-17(9-6-15)26-22(28)18(21(27)25-23(26)29)13-16-7-10-19(31-12-11-24)20(14-16)30-4-2/h5-10,13-14H,3-4,12H2,1-2H3,(H,25,27,29)/b18-13-. The number of imide groups is 2. The monoisotopic (exact) mass is 419 g/mol. The van der Waals surface area contributed by atoms with Crippen LogP contribution < -0.4 is 19.7 Å². The second kappa shape index (κ2) is 9.59. The minimum absolute atomic E-state index is 0.144. The highest BCUT2D eigenvalue weighted by molar-refractivity contribution is 6.39. The molecule has 8 nitrogen and oxygen atoms in total. The Morgan fingerprint density at radius 3 is 2.42 bits per heavy atom. The summed E-state index contributed by atoms with van der Waals surface area (Å²) in [5.74, 6) is -0.753. The number of nitrogens with zero attached hydrogens (tertiary/aromatic N) is 2. The van der Waals surface area contributed by atoms with Gasteiger partial charge in [-0.25, -0.2) is 9.69 Å². The molecule has 1 fully saturated rings. The Hall–Kier alpha value is -4.12. The maximum absolute atomic E-state index is 13.0. The van der Waals surface area contributed by atoms with E-state index in [-0.39, 0.29) is 12.2 Å². The van der Waals surface area contributed by atoms with Gasteiger partial charge in [0.1, 0.15) is 11.6 Å². The summed E-state index contributed by atoms with van der Waals surface area (Å²) in [6.07, 6.45) is 2.20. The summed E-state index contributed by atoms with van der Waals surface area (Å²) in [6, 6.07) is 12.9. The first kappa shape index (κ1) is 21.6. The number of hydrogen-bond donors (Lipinski definition) is 1. The predicted molar refractivity (Wildman–Crippen MR) is 114 cm³/mol. The molecule has 2 aromatic carbocycles. The highest BCUT2D eigenvalue weighted by atomic mass is 16.5. The molecule has 4 amide bonds. The second-order valence-electron chi connectivity index (χ2n) is 6.56. The zero-order valence-electron chi connectivity index (χ0n) is 17.2. The number of aryl methyl sites for hydroxylation is 1. The lowest BCUT2D eigenvalue weighted by Crippen LogP contribution is -2.54. The van der Waals surface area contributed by atoms with Gasteiger partial charge in [0.25, 0.3) is 11.8 Å². The summed E-state index contributed by atoms with van der Waals surface area (Å²) in [4.78, 5) is 38.7. The summed E-state index contributed by atoms with van der Waals surface area (Å²) in [5, 5.41) is 10.9. The topological polar surface area (TPSA) is 109 Å². The molecule has 0 aliphatic carbocycles. The van der Waals surface area contributed by atoms with E-state index in [2.05, 4.69) is 5.32 Å². The summed E-state index contributed by atoms with van der Waals surface area (Å²) < 4.78 is 10.9. The van der Waals surface area contributed by atoms with E-state index in [1.807, 2.05) is 25.1 Å². The van der Waals surface area contributed by atoms with E-state index in [9.17, 15) is 14.4 Å².